The summed E-state index contributed by atoms with van der Waals surface area (Å²) in [7, 11) is 0. The predicted molar refractivity (Wildman–Crippen MR) is 192 cm³/mol. The fourth-order valence-corrected chi connectivity index (χ4v) is 9.82. The second kappa shape index (κ2) is 9.58. The maximum atomic E-state index is 5.29. The molecular weight excluding hydrogens is 611 g/mol. The van der Waals surface area contributed by atoms with Gasteiger partial charge in [-0.3, -0.25) is 0 Å². The summed E-state index contributed by atoms with van der Waals surface area (Å²) in [5.41, 5.74) is 4.07. The molecule has 0 spiro atoms. The van der Waals surface area contributed by atoms with E-state index in [4.69, 9.17) is 9.97 Å². The number of aromatic nitrogens is 2. The minimum absolute atomic E-state index is 0.257. The molecule has 0 aliphatic heterocycles. The van der Waals surface area contributed by atoms with E-state index in [0.717, 1.165) is 38.9 Å². The predicted octanol–water partition coefficient (Wildman–Crippen LogP) is 10.9. The van der Waals surface area contributed by atoms with E-state index in [2.05, 4.69) is 146 Å². The van der Waals surface area contributed by atoms with Gasteiger partial charge in [-0.15, -0.1) is 0 Å². The first-order valence-electron chi connectivity index (χ1n) is 15.3. The van der Waals surface area contributed by atoms with Crippen molar-refractivity contribution in [2.75, 3.05) is 0 Å². The van der Waals surface area contributed by atoms with E-state index in [1.54, 1.807) is 0 Å². The molecule has 0 unspecified atom stereocenters. The van der Waals surface area contributed by atoms with E-state index in [0.29, 0.717) is 0 Å². The first-order chi connectivity index (χ1) is 22.3. The number of hydrogen-bond donors (Lipinski definition) is 0. The molecule has 2 aromatic heterocycles. The summed E-state index contributed by atoms with van der Waals surface area (Å²) in [5.74, 6) is 0.749. The van der Waals surface area contributed by atoms with Crippen LogP contribution in [0.5, 0.6) is 0 Å². The van der Waals surface area contributed by atoms with Crippen LogP contribution in [0, 0.1) is 0 Å². The fraction of sp³-hybridized carbons (Fsp3) is 0. The van der Waals surface area contributed by atoms with Gasteiger partial charge in [0.25, 0.3) is 0 Å². The third kappa shape index (κ3) is 3.69. The van der Waals surface area contributed by atoms with E-state index < -0.39 is 0 Å². The van der Waals surface area contributed by atoms with E-state index >= 15 is 0 Å². The van der Waals surface area contributed by atoms with Gasteiger partial charge in [-0.05, 0) is 0 Å². The van der Waals surface area contributed by atoms with Crippen LogP contribution in [0.25, 0.3) is 95.9 Å². The summed E-state index contributed by atoms with van der Waals surface area (Å²) < 4.78 is 2.96. The van der Waals surface area contributed by atoms with Gasteiger partial charge in [0.2, 0.25) is 0 Å². The van der Waals surface area contributed by atoms with Crippen molar-refractivity contribution in [1.82, 2.24) is 9.97 Å². The molecule has 0 fully saturated rings. The van der Waals surface area contributed by atoms with Crippen molar-refractivity contribution in [1.29, 1.82) is 0 Å². The Balaban J connectivity index is 1.32. The first-order valence-corrected chi connectivity index (χ1v) is 17.0. The van der Waals surface area contributed by atoms with Crippen LogP contribution in [-0.4, -0.2) is 24.5 Å². The van der Waals surface area contributed by atoms with Gasteiger partial charge in [-0.1, -0.05) is 12.1 Å². The Kier molecular flexibility index (Phi) is 5.33. The molecule has 10 rings (SSSR count). The van der Waals surface area contributed by atoms with Crippen molar-refractivity contribution in [3.8, 4) is 22.6 Å². The number of fused-ring (bicyclic) bond motifs is 13. The van der Waals surface area contributed by atoms with Crippen molar-refractivity contribution in [2.45, 2.75) is 0 Å². The molecular formula is C42H24N2Se. The first kappa shape index (κ1) is 25.0. The Morgan fingerprint density at radius 3 is 1.91 bits per heavy atom. The molecule has 0 aliphatic rings. The normalized spacial score (nSPS) is 12.0. The Hall–Kier alpha value is -5.34. The van der Waals surface area contributed by atoms with Crippen LogP contribution in [0.1, 0.15) is 0 Å². The molecule has 0 saturated carbocycles. The van der Waals surface area contributed by atoms with Gasteiger partial charge in [0.15, 0.2) is 0 Å². The summed E-state index contributed by atoms with van der Waals surface area (Å²) >= 11 is 0.257. The van der Waals surface area contributed by atoms with Gasteiger partial charge in [0.1, 0.15) is 0 Å². The molecule has 45 heavy (non-hydrogen) atoms. The summed E-state index contributed by atoms with van der Waals surface area (Å²) in [6.07, 6.45) is 0. The quantitative estimate of drug-likeness (QED) is 0.140. The number of rotatable bonds is 2. The molecule has 0 saturated heterocycles. The molecule has 8 aromatic carbocycles. The topological polar surface area (TPSA) is 25.8 Å². The maximum absolute atomic E-state index is 5.29. The van der Waals surface area contributed by atoms with Crippen molar-refractivity contribution in [3.63, 3.8) is 0 Å². The molecule has 0 radical (unpaired) electrons. The van der Waals surface area contributed by atoms with Gasteiger partial charge < -0.3 is 0 Å². The monoisotopic (exact) mass is 636 g/mol. The molecule has 0 aliphatic carbocycles. The van der Waals surface area contributed by atoms with E-state index in [9.17, 15) is 0 Å². The van der Waals surface area contributed by atoms with Crippen molar-refractivity contribution >= 4 is 87.8 Å². The number of nitrogens with zero attached hydrogens (tertiary/aromatic N) is 2. The molecule has 2 heterocycles. The molecule has 10 aromatic rings. The summed E-state index contributed by atoms with van der Waals surface area (Å²) in [4.78, 5) is 10.6. The van der Waals surface area contributed by atoms with Crippen LogP contribution in [0.4, 0.5) is 0 Å². The molecule has 0 amide bonds. The standard InChI is InChI=1S/C42H24N2Se/c1-2-11-26(12-3-1)39-35-21-18-25-10-4-5-13-28(25)40(35)44-42(43-39)27-19-20-33-36(24-27)30-15-7-6-14-29(30)32-22-23-34-31-16-8-9-17-37(31)45-41(34)38(32)33/h1-24H. The SMILES string of the molecule is c1ccc(-c2nc(-c3ccc4c(c3)c3ccccc3c3ccc5c6ccccc6[se]c5c34)nc3c2ccc2ccccc23)cc1. The Morgan fingerprint density at radius 1 is 0.400 bits per heavy atom. The van der Waals surface area contributed by atoms with E-state index in [1.807, 2.05) is 0 Å². The minimum atomic E-state index is 0.257. The summed E-state index contributed by atoms with van der Waals surface area (Å²) in [6, 6.07) is 52.7. The fourth-order valence-electron chi connectivity index (χ4n) is 7.17. The van der Waals surface area contributed by atoms with Gasteiger partial charge in [-0.25, -0.2) is 0 Å². The van der Waals surface area contributed by atoms with Gasteiger partial charge in [0, 0.05) is 0 Å². The molecule has 208 valence electrons. The van der Waals surface area contributed by atoms with E-state index in [1.165, 1.54) is 57.0 Å². The van der Waals surface area contributed by atoms with Crippen molar-refractivity contribution < 1.29 is 0 Å². The van der Waals surface area contributed by atoms with E-state index in [-0.39, 0.29) is 14.5 Å². The average Bonchev–Trinajstić information content (AvgIpc) is 3.50. The Bertz CT molecular complexity index is 2810. The third-order valence-electron chi connectivity index (χ3n) is 9.24. The van der Waals surface area contributed by atoms with Gasteiger partial charge in [-0.2, -0.15) is 0 Å². The van der Waals surface area contributed by atoms with Crippen LogP contribution in [-0.2, 0) is 0 Å². The van der Waals surface area contributed by atoms with Crippen molar-refractivity contribution in [2.24, 2.45) is 0 Å². The van der Waals surface area contributed by atoms with Crippen LogP contribution < -0.4 is 0 Å². The molecule has 0 N–H and O–H groups in total. The average molecular weight is 636 g/mol. The Labute approximate surface area is 265 Å². The van der Waals surface area contributed by atoms with Gasteiger partial charge in [0.05, 0.1) is 0 Å². The second-order valence-corrected chi connectivity index (χ2v) is 13.9. The summed E-state index contributed by atoms with van der Waals surface area (Å²) in [6.45, 7) is 0. The van der Waals surface area contributed by atoms with Crippen LogP contribution in [0.3, 0.4) is 0 Å². The molecule has 3 heteroatoms. The molecule has 2 nitrogen and oxygen atoms in total. The zero-order valence-corrected chi connectivity index (χ0v) is 25.9. The van der Waals surface area contributed by atoms with Gasteiger partial charge >= 0.3 is 254 Å². The zero-order valence-electron chi connectivity index (χ0n) is 24.2. The van der Waals surface area contributed by atoms with Crippen LogP contribution in [0.2, 0.25) is 0 Å². The number of hydrogen-bond acceptors (Lipinski definition) is 2. The van der Waals surface area contributed by atoms with Crippen LogP contribution in [0.15, 0.2) is 146 Å². The summed E-state index contributed by atoms with van der Waals surface area (Å²) in [5, 5.41) is 14.0. The number of benzene rings is 8. The van der Waals surface area contributed by atoms with Crippen LogP contribution >= 0.6 is 0 Å². The second-order valence-electron chi connectivity index (χ2n) is 11.7. The molecule has 0 atom stereocenters. The molecule has 0 bridgehead atoms. The zero-order chi connectivity index (χ0) is 29.5. The Morgan fingerprint density at radius 2 is 1.04 bits per heavy atom. The third-order valence-corrected chi connectivity index (χ3v) is 11.8. The van der Waals surface area contributed by atoms with Crippen molar-refractivity contribution in [3.05, 3.63) is 146 Å².